The Labute approximate surface area is 96.9 Å². The molecule has 1 heterocycles. The lowest BCUT2D eigenvalue weighted by Crippen LogP contribution is -2.45. The minimum absolute atomic E-state index is 0.233. The Bertz CT molecular complexity index is 364. The van der Waals surface area contributed by atoms with Crippen LogP contribution in [-0.2, 0) is 10.3 Å². The van der Waals surface area contributed by atoms with E-state index < -0.39 is 5.60 Å². The topological polar surface area (TPSA) is 21.3 Å². The van der Waals surface area contributed by atoms with Crippen LogP contribution >= 0.6 is 15.9 Å². The van der Waals surface area contributed by atoms with E-state index in [4.69, 9.17) is 4.74 Å². The third-order valence-corrected chi connectivity index (χ3v) is 3.30. The molecule has 2 nitrogen and oxygen atoms in total. The van der Waals surface area contributed by atoms with Crippen LogP contribution in [0.2, 0.25) is 0 Å². The minimum atomic E-state index is -0.563. The van der Waals surface area contributed by atoms with E-state index >= 15 is 0 Å². The predicted molar refractivity (Wildman–Crippen MR) is 60.3 cm³/mol. The van der Waals surface area contributed by atoms with Crippen LogP contribution in [0, 0.1) is 5.82 Å². The molecule has 1 atom stereocenters. The van der Waals surface area contributed by atoms with E-state index in [9.17, 15) is 4.39 Å². The Morgan fingerprint density at radius 2 is 2.33 bits per heavy atom. The zero-order valence-corrected chi connectivity index (χ0v) is 10.1. The van der Waals surface area contributed by atoms with Crippen LogP contribution in [0.25, 0.3) is 0 Å². The average molecular weight is 274 g/mol. The molecule has 0 bridgehead atoms. The van der Waals surface area contributed by atoms with Crippen molar-refractivity contribution in [1.82, 2.24) is 5.32 Å². The van der Waals surface area contributed by atoms with E-state index in [1.807, 2.05) is 13.0 Å². The highest BCUT2D eigenvalue weighted by Gasteiger charge is 2.32. The molecule has 1 N–H and O–H groups in total. The summed E-state index contributed by atoms with van der Waals surface area (Å²) in [5.41, 5.74) is 0.0376. The van der Waals surface area contributed by atoms with Crippen molar-refractivity contribution in [2.24, 2.45) is 0 Å². The van der Waals surface area contributed by atoms with Gasteiger partial charge in [0.1, 0.15) is 11.4 Å². The van der Waals surface area contributed by atoms with Crippen molar-refractivity contribution in [2.75, 3.05) is 19.7 Å². The summed E-state index contributed by atoms with van der Waals surface area (Å²) in [5, 5.41) is 3.21. The van der Waals surface area contributed by atoms with Gasteiger partial charge in [-0.1, -0.05) is 12.1 Å². The summed E-state index contributed by atoms with van der Waals surface area (Å²) in [6.45, 7) is 3.98. The molecule has 0 aromatic heterocycles. The molecule has 4 heteroatoms. The van der Waals surface area contributed by atoms with Crippen molar-refractivity contribution in [2.45, 2.75) is 12.5 Å². The van der Waals surface area contributed by atoms with Crippen LogP contribution in [0.5, 0.6) is 0 Å². The molecule has 1 aromatic carbocycles. The van der Waals surface area contributed by atoms with Gasteiger partial charge in [-0.3, -0.25) is 0 Å². The van der Waals surface area contributed by atoms with Crippen LogP contribution in [0.3, 0.4) is 0 Å². The molecule has 1 saturated heterocycles. The summed E-state index contributed by atoms with van der Waals surface area (Å²) >= 11 is 3.19. The van der Waals surface area contributed by atoms with E-state index in [2.05, 4.69) is 21.2 Å². The molecule has 0 saturated carbocycles. The molecule has 1 fully saturated rings. The number of ether oxygens (including phenoxy) is 1. The van der Waals surface area contributed by atoms with Gasteiger partial charge in [-0.05, 0) is 28.9 Å². The standard InChI is InChI=1S/C11H13BrFNO/c1-11(7-14-5-6-15-11)8-3-2-4-9(12)10(8)13/h2-4,14H,5-7H2,1H3/t11-/m0/s1. The van der Waals surface area contributed by atoms with Crippen molar-refractivity contribution in [3.63, 3.8) is 0 Å². The maximum Gasteiger partial charge on any atom is 0.143 e. The number of hydrogen-bond acceptors (Lipinski definition) is 2. The third-order valence-electron chi connectivity index (χ3n) is 2.68. The first-order chi connectivity index (χ1) is 7.13. The normalized spacial score (nSPS) is 26.6. The van der Waals surface area contributed by atoms with Gasteiger partial charge >= 0.3 is 0 Å². The fourth-order valence-electron chi connectivity index (χ4n) is 1.81. The van der Waals surface area contributed by atoms with Gasteiger partial charge in [0.2, 0.25) is 0 Å². The molecule has 0 unspecified atom stereocenters. The number of hydrogen-bond donors (Lipinski definition) is 1. The molecule has 0 radical (unpaired) electrons. The lowest BCUT2D eigenvalue weighted by molar-refractivity contribution is -0.0594. The number of morpholine rings is 1. The van der Waals surface area contributed by atoms with Crippen LogP contribution < -0.4 is 5.32 Å². The van der Waals surface area contributed by atoms with Gasteiger partial charge < -0.3 is 10.1 Å². The second kappa shape index (κ2) is 4.20. The monoisotopic (exact) mass is 273 g/mol. The van der Waals surface area contributed by atoms with E-state index in [0.29, 0.717) is 23.2 Å². The summed E-state index contributed by atoms with van der Waals surface area (Å²) < 4.78 is 20.0. The zero-order valence-electron chi connectivity index (χ0n) is 8.52. The molecule has 1 aliphatic heterocycles. The first-order valence-electron chi connectivity index (χ1n) is 4.93. The van der Waals surface area contributed by atoms with Crippen molar-refractivity contribution in [3.8, 4) is 0 Å². The van der Waals surface area contributed by atoms with Gasteiger partial charge in [0.15, 0.2) is 0 Å². The first kappa shape index (κ1) is 11.0. The zero-order chi connectivity index (χ0) is 10.9. The summed E-state index contributed by atoms with van der Waals surface area (Å²) in [7, 11) is 0. The summed E-state index contributed by atoms with van der Waals surface area (Å²) in [5.74, 6) is -0.233. The van der Waals surface area contributed by atoms with Crippen molar-refractivity contribution in [3.05, 3.63) is 34.1 Å². The van der Waals surface area contributed by atoms with Crippen LogP contribution in [0.15, 0.2) is 22.7 Å². The van der Waals surface area contributed by atoms with Crippen molar-refractivity contribution in [1.29, 1.82) is 0 Å². The fraction of sp³-hybridized carbons (Fsp3) is 0.455. The average Bonchev–Trinajstić information content (AvgIpc) is 2.23. The van der Waals surface area contributed by atoms with Gasteiger partial charge in [0.25, 0.3) is 0 Å². The smallest absolute Gasteiger partial charge is 0.143 e. The van der Waals surface area contributed by atoms with Gasteiger partial charge in [-0.2, -0.15) is 0 Å². The predicted octanol–water partition coefficient (Wildman–Crippen LogP) is 2.42. The van der Waals surface area contributed by atoms with Gasteiger partial charge in [0.05, 0.1) is 11.1 Å². The molecule has 1 aliphatic rings. The molecule has 1 aromatic rings. The molecule has 82 valence electrons. The lowest BCUT2D eigenvalue weighted by atomic mass is 9.94. The van der Waals surface area contributed by atoms with Crippen LogP contribution in [0.1, 0.15) is 12.5 Å². The second-order valence-electron chi connectivity index (χ2n) is 3.86. The summed E-state index contributed by atoms with van der Waals surface area (Å²) in [6, 6.07) is 5.29. The Balaban J connectivity index is 2.39. The lowest BCUT2D eigenvalue weighted by Gasteiger charge is -2.35. The van der Waals surface area contributed by atoms with E-state index in [1.54, 1.807) is 12.1 Å². The number of nitrogens with one attached hydrogen (secondary N) is 1. The molecular weight excluding hydrogens is 261 g/mol. The maximum atomic E-state index is 13.9. The SMILES string of the molecule is C[C@@]1(c2cccc(Br)c2F)CNCCO1. The second-order valence-corrected chi connectivity index (χ2v) is 4.71. The molecule has 0 aliphatic carbocycles. The fourth-order valence-corrected chi connectivity index (χ4v) is 2.18. The Kier molecular flexibility index (Phi) is 3.09. The Morgan fingerprint density at radius 1 is 1.53 bits per heavy atom. The van der Waals surface area contributed by atoms with E-state index in [0.717, 1.165) is 6.54 Å². The van der Waals surface area contributed by atoms with Crippen molar-refractivity contribution < 1.29 is 9.13 Å². The van der Waals surface area contributed by atoms with Gasteiger partial charge in [-0.15, -0.1) is 0 Å². The molecule has 0 spiro atoms. The number of halogens is 2. The highest BCUT2D eigenvalue weighted by atomic mass is 79.9. The van der Waals surface area contributed by atoms with Gasteiger partial charge in [0, 0.05) is 18.7 Å². The first-order valence-corrected chi connectivity index (χ1v) is 5.72. The minimum Gasteiger partial charge on any atom is -0.368 e. The van der Waals surface area contributed by atoms with Crippen LogP contribution in [0.4, 0.5) is 4.39 Å². The quantitative estimate of drug-likeness (QED) is 0.849. The maximum absolute atomic E-state index is 13.9. The van der Waals surface area contributed by atoms with E-state index in [1.165, 1.54) is 0 Å². The molecule has 2 rings (SSSR count). The number of benzene rings is 1. The summed E-state index contributed by atoms with van der Waals surface area (Å²) in [6.07, 6.45) is 0. The molecule has 15 heavy (non-hydrogen) atoms. The largest absolute Gasteiger partial charge is 0.368 e. The van der Waals surface area contributed by atoms with Crippen LogP contribution in [-0.4, -0.2) is 19.7 Å². The number of rotatable bonds is 1. The van der Waals surface area contributed by atoms with E-state index in [-0.39, 0.29) is 5.82 Å². The van der Waals surface area contributed by atoms with Gasteiger partial charge in [-0.25, -0.2) is 4.39 Å². The summed E-state index contributed by atoms with van der Waals surface area (Å²) in [4.78, 5) is 0. The molecule has 0 amide bonds. The highest BCUT2D eigenvalue weighted by Crippen LogP contribution is 2.31. The molecular formula is C11H13BrFNO. The highest BCUT2D eigenvalue weighted by molar-refractivity contribution is 9.10. The Morgan fingerprint density at radius 3 is 3.00 bits per heavy atom. The van der Waals surface area contributed by atoms with Crippen molar-refractivity contribution >= 4 is 15.9 Å². The third kappa shape index (κ3) is 2.07. The Hall–Kier alpha value is -0.450.